The van der Waals surface area contributed by atoms with E-state index in [1.54, 1.807) is 12.1 Å². The molecule has 32 heavy (non-hydrogen) atoms. The highest BCUT2D eigenvalue weighted by molar-refractivity contribution is 7.89. The molecule has 0 saturated carbocycles. The lowest BCUT2D eigenvalue weighted by Crippen LogP contribution is -2.64. The minimum atomic E-state index is -4.01. The third kappa shape index (κ3) is 7.31. The van der Waals surface area contributed by atoms with Gasteiger partial charge < -0.3 is 15.6 Å². The highest BCUT2D eigenvalue weighted by Crippen LogP contribution is 2.31. The Morgan fingerprint density at radius 3 is 2.31 bits per heavy atom. The fourth-order valence-corrected chi connectivity index (χ4v) is 4.84. The molecule has 4 N–H and O–H groups in total. The number of nitrogens with two attached hydrogens (primary N) is 1. The van der Waals surface area contributed by atoms with Gasteiger partial charge in [0.05, 0.1) is 24.2 Å². The Morgan fingerprint density at radius 1 is 1.12 bits per heavy atom. The van der Waals surface area contributed by atoms with Gasteiger partial charge in [0.2, 0.25) is 10.0 Å². The van der Waals surface area contributed by atoms with Crippen LogP contribution in [0.25, 0.3) is 0 Å². The van der Waals surface area contributed by atoms with Crippen molar-refractivity contribution in [2.45, 2.75) is 62.6 Å². The molecule has 2 rings (SSSR count). The average Bonchev–Trinajstić information content (AvgIpc) is 2.76. The van der Waals surface area contributed by atoms with Gasteiger partial charge in [0.15, 0.2) is 0 Å². The summed E-state index contributed by atoms with van der Waals surface area (Å²) in [6.45, 7) is 4.04. The van der Waals surface area contributed by atoms with Crippen LogP contribution in [0, 0.1) is 16.7 Å². The molecule has 0 heterocycles. The van der Waals surface area contributed by atoms with Gasteiger partial charge in [-0.15, -0.1) is 0 Å². The molecule has 0 spiro atoms. The van der Waals surface area contributed by atoms with Crippen molar-refractivity contribution in [3.8, 4) is 11.8 Å². The van der Waals surface area contributed by atoms with E-state index in [2.05, 4.69) is 10.8 Å². The topological polar surface area (TPSA) is 125 Å². The summed E-state index contributed by atoms with van der Waals surface area (Å²) in [6.07, 6.45) is 0.954. The highest BCUT2D eigenvalue weighted by atomic mass is 32.2. The van der Waals surface area contributed by atoms with Crippen LogP contribution < -0.4 is 15.2 Å². The lowest BCUT2D eigenvalue weighted by atomic mass is 9.80. The first-order valence-electron chi connectivity index (χ1n) is 10.6. The molecule has 0 aliphatic rings. The SMILES string of the molecule is COc1ccc(S(=O)(=O)N[C@@](N)(Cc2ccccc2)[C@H](O)CCC(C)(C)CCC#N)cc1. The van der Waals surface area contributed by atoms with Crippen LogP contribution in [-0.4, -0.2) is 32.4 Å². The summed E-state index contributed by atoms with van der Waals surface area (Å²) in [4.78, 5) is 0.0303. The molecule has 0 aromatic heterocycles. The second-order valence-electron chi connectivity index (χ2n) is 8.86. The number of ether oxygens (including phenoxy) is 1. The summed E-state index contributed by atoms with van der Waals surface area (Å²) in [5.74, 6) is 0.534. The molecule has 0 unspecified atom stereocenters. The summed E-state index contributed by atoms with van der Waals surface area (Å²) in [5.41, 5.74) is 5.57. The number of rotatable bonds is 12. The Morgan fingerprint density at radius 2 is 1.75 bits per heavy atom. The predicted molar refractivity (Wildman–Crippen MR) is 124 cm³/mol. The molecule has 2 atom stereocenters. The van der Waals surface area contributed by atoms with Crippen LogP contribution in [0.3, 0.4) is 0 Å². The van der Waals surface area contributed by atoms with Crippen LogP contribution >= 0.6 is 0 Å². The lowest BCUT2D eigenvalue weighted by Gasteiger charge is -2.36. The third-order valence-corrected chi connectivity index (χ3v) is 7.18. The van der Waals surface area contributed by atoms with Crippen molar-refractivity contribution >= 4 is 10.0 Å². The van der Waals surface area contributed by atoms with Crippen molar-refractivity contribution in [2.75, 3.05) is 7.11 Å². The van der Waals surface area contributed by atoms with Gasteiger partial charge in [-0.25, -0.2) is 8.42 Å². The van der Waals surface area contributed by atoms with E-state index in [-0.39, 0.29) is 23.2 Å². The zero-order valence-corrected chi connectivity index (χ0v) is 19.7. The average molecular weight is 460 g/mol. The van der Waals surface area contributed by atoms with Crippen molar-refractivity contribution in [3.05, 3.63) is 60.2 Å². The molecule has 0 radical (unpaired) electrons. The second-order valence-corrected chi connectivity index (χ2v) is 10.5. The standard InChI is InChI=1S/C24H33N3O4S/c1-23(2,15-7-17-25)16-14-22(28)24(26,18-19-8-5-4-6-9-19)27-32(29,30)21-12-10-20(31-3)11-13-21/h4-6,8-13,22,27-28H,7,14-16,18,26H2,1-3H3/t22-,24+/m1/s1. The predicted octanol–water partition coefficient (Wildman–Crippen LogP) is 3.34. The Labute approximate surface area is 191 Å². The monoisotopic (exact) mass is 459 g/mol. The van der Waals surface area contributed by atoms with Crippen molar-refractivity contribution in [3.63, 3.8) is 0 Å². The Hall–Kier alpha value is -2.44. The van der Waals surface area contributed by atoms with E-state index in [9.17, 15) is 13.5 Å². The fraction of sp³-hybridized carbons (Fsp3) is 0.458. The normalized spacial score (nSPS) is 14.9. The molecule has 8 heteroatoms. The molecule has 0 aliphatic heterocycles. The van der Waals surface area contributed by atoms with Crippen LogP contribution in [0.15, 0.2) is 59.5 Å². The molecule has 0 amide bonds. The Bertz CT molecular complexity index is 1000. The highest BCUT2D eigenvalue weighted by Gasteiger charge is 2.39. The van der Waals surface area contributed by atoms with Gasteiger partial charge >= 0.3 is 0 Å². The van der Waals surface area contributed by atoms with Crippen LogP contribution in [0.2, 0.25) is 0 Å². The number of aliphatic hydroxyl groups is 1. The molecule has 0 bridgehead atoms. The molecule has 0 fully saturated rings. The van der Waals surface area contributed by atoms with Gasteiger partial charge in [0, 0.05) is 12.8 Å². The maximum absolute atomic E-state index is 13.1. The summed E-state index contributed by atoms with van der Waals surface area (Å²) in [5, 5.41) is 19.9. The first-order valence-corrected chi connectivity index (χ1v) is 12.1. The number of aliphatic hydroxyl groups excluding tert-OH is 1. The molecule has 174 valence electrons. The molecular weight excluding hydrogens is 426 g/mol. The van der Waals surface area contributed by atoms with E-state index in [1.165, 1.54) is 19.2 Å². The van der Waals surface area contributed by atoms with E-state index in [4.69, 9.17) is 15.7 Å². The molecule has 7 nitrogen and oxygen atoms in total. The van der Waals surface area contributed by atoms with E-state index in [1.807, 2.05) is 44.2 Å². The van der Waals surface area contributed by atoms with E-state index >= 15 is 0 Å². The zero-order valence-electron chi connectivity index (χ0n) is 18.9. The number of sulfonamides is 1. The Balaban J connectivity index is 2.28. The zero-order chi connectivity index (χ0) is 23.8. The van der Waals surface area contributed by atoms with Gasteiger partial charge in [-0.3, -0.25) is 0 Å². The lowest BCUT2D eigenvalue weighted by molar-refractivity contribution is 0.0562. The first kappa shape index (κ1) is 25.8. The van der Waals surface area contributed by atoms with Gasteiger partial charge in [-0.05, 0) is 54.5 Å². The minimum absolute atomic E-state index is 0.0303. The minimum Gasteiger partial charge on any atom is -0.497 e. The molecular formula is C24H33N3O4S. The van der Waals surface area contributed by atoms with Gasteiger partial charge in [0.1, 0.15) is 11.4 Å². The number of nitrogens with zero attached hydrogens (tertiary/aromatic N) is 1. The van der Waals surface area contributed by atoms with Gasteiger partial charge in [0.25, 0.3) is 0 Å². The number of nitrogens with one attached hydrogen (secondary N) is 1. The largest absolute Gasteiger partial charge is 0.497 e. The number of hydrogen-bond acceptors (Lipinski definition) is 6. The van der Waals surface area contributed by atoms with Crippen LogP contribution in [0.1, 0.15) is 45.1 Å². The molecule has 2 aromatic rings. The number of methoxy groups -OCH3 is 1. The van der Waals surface area contributed by atoms with Crippen LogP contribution in [-0.2, 0) is 16.4 Å². The van der Waals surface area contributed by atoms with Crippen molar-refractivity contribution in [2.24, 2.45) is 11.1 Å². The quantitative estimate of drug-likeness (QED) is 0.418. The number of benzene rings is 2. The third-order valence-electron chi connectivity index (χ3n) is 5.64. The van der Waals surface area contributed by atoms with Crippen molar-refractivity contribution in [1.29, 1.82) is 5.26 Å². The fourth-order valence-electron chi connectivity index (χ4n) is 3.52. The maximum Gasteiger partial charge on any atom is 0.242 e. The Kier molecular flexibility index (Phi) is 8.81. The van der Waals surface area contributed by atoms with Crippen LogP contribution in [0.5, 0.6) is 5.75 Å². The van der Waals surface area contributed by atoms with Crippen molar-refractivity contribution in [1.82, 2.24) is 4.72 Å². The summed E-state index contributed by atoms with van der Waals surface area (Å²) in [6, 6.07) is 17.3. The second kappa shape index (κ2) is 10.9. The first-order chi connectivity index (χ1) is 15.0. The van der Waals surface area contributed by atoms with Crippen molar-refractivity contribution < 1.29 is 18.3 Å². The number of hydrogen-bond donors (Lipinski definition) is 3. The molecule has 0 aliphatic carbocycles. The smallest absolute Gasteiger partial charge is 0.242 e. The van der Waals surface area contributed by atoms with E-state index in [0.29, 0.717) is 25.0 Å². The summed E-state index contributed by atoms with van der Waals surface area (Å²) < 4.78 is 33.9. The van der Waals surface area contributed by atoms with Gasteiger partial charge in [-0.2, -0.15) is 9.98 Å². The molecule has 2 aromatic carbocycles. The molecule has 0 saturated heterocycles. The summed E-state index contributed by atoms with van der Waals surface area (Å²) in [7, 11) is -2.51. The van der Waals surface area contributed by atoms with Gasteiger partial charge in [-0.1, -0.05) is 44.2 Å². The number of nitriles is 1. The summed E-state index contributed by atoms with van der Waals surface area (Å²) >= 11 is 0. The maximum atomic E-state index is 13.1. The van der Waals surface area contributed by atoms with Crippen LogP contribution in [0.4, 0.5) is 0 Å². The van der Waals surface area contributed by atoms with E-state index < -0.39 is 21.8 Å². The van der Waals surface area contributed by atoms with E-state index in [0.717, 1.165) is 5.56 Å².